The van der Waals surface area contributed by atoms with E-state index in [0.717, 1.165) is 40.4 Å². The van der Waals surface area contributed by atoms with Crippen molar-refractivity contribution >= 4 is 24.3 Å². The number of rotatable bonds is 3. The van der Waals surface area contributed by atoms with E-state index in [9.17, 15) is 0 Å². The van der Waals surface area contributed by atoms with Crippen LogP contribution in [0.2, 0.25) is 0 Å². The maximum absolute atomic E-state index is 9.09. The third-order valence-electron chi connectivity index (χ3n) is 6.60. The standard InChI is InChI=1S/C21H26N4/c1-3-17-9-19(5-4-14(17)2)25-20(24-13-22)23-12-21-10-15-6-16(11-21)8-18(21)7-15/h3-5,9,15-16,18H,2,6-8,10-12H2,1H3,(H2,23,24,25)/b17-3-. The molecule has 4 aliphatic rings. The Kier molecular flexibility index (Phi) is 4.03. The molecular formula is C21H26N4. The predicted octanol–water partition coefficient (Wildman–Crippen LogP) is 2.56. The number of hydrogen-bond donors (Lipinski definition) is 2. The van der Waals surface area contributed by atoms with E-state index in [1.807, 2.05) is 37.4 Å². The topological polar surface area (TPSA) is 60.2 Å². The van der Waals surface area contributed by atoms with Crippen molar-refractivity contribution in [2.75, 3.05) is 11.9 Å². The predicted molar refractivity (Wildman–Crippen MR) is 102 cm³/mol. The minimum absolute atomic E-state index is 0.400. The van der Waals surface area contributed by atoms with Gasteiger partial charge in [-0.3, -0.25) is 10.3 Å². The SMILES string of the molecule is C=c1ccc(NC(=NCC23CC4CC(CC2C4)C3)NC#N)c/c1=C/C. The molecule has 130 valence electrons. The van der Waals surface area contributed by atoms with Gasteiger partial charge in [0.05, 0.1) is 0 Å². The lowest BCUT2D eigenvalue weighted by molar-refractivity contribution is 0.210. The number of hydrogen-bond acceptors (Lipinski definition) is 2. The molecule has 0 saturated heterocycles. The zero-order valence-electron chi connectivity index (χ0n) is 14.9. The van der Waals surface area contributed by atoms with Gasteiger partial charge in [0.2, 0.25) is 5.96 Å². The lowest BCUT2D eigenvalue weighted by atomic mass is 9.75. The summed E-state index contributed by atoms with van der Waals surface area (Å²) in [6, 6.07) is 6.00. The van der Waals surface area contributed by atoms with Gasteiger partial charge in [-0.25, -0.2) is 0 Å². The van der Waals surface area contributed by atoms with E-state index in [2.05, 4.69) is 17.2 Å². The normalized spacial score (nSPS) is 33.5. The fourth-order valence-corrected chi connectivity index (χ4v) is 5.70. The van der Waals surface area contributed by atoms with Crippen molar-refractivity contribution in [1.82, 2.24) is 5.32 Å². The first-order valence-corrected chi connectivity index (χ1v) is 9.34. The molecular weight excluding hydrogens is 308 g/mol. The average molecular weight is 334 g/mol. The van der Waals surface area contributed by atoms with E-state index < -0.39 is 0 Å². The van der Waals surface area contributed by atoms with Gasteiger partial charge in [-0.2, -0.15) is 5.26 Å². The van der Waals surface area contributed by atoms with Crippen LogP contribution in [0.3, 0.4) is 0 Å². The summed E-state index contributed by atoms with van der Waals surface area (Å²) in [6.07, 6.45) is 11.0. The lowest BCUT2D eigenvalue weighted by Crippen LogP contribution is -2.32. The van der Waals surface area contributed by atoms with Crippen molar-refractivity contribution in [1.29, 1.82) is 5.26 Å². The molecule has 0 aromatic heterocycles. The summed E-state index contributed by atoms with van der Waals surface area (Å²) in [5.74, 6) is 3.28. The monoisotopic (exact) mass is 334 g/mol. The Morgan fingerprint density at radius 1 is 1.36 bits per heavy atom. The average Bonchev–Trinajstić information content (AvgIpc) is 2.99. The highest BCUT2D eigenvalue weighted by molar-refractivity contribution is 5.94. The maximum atomic E-state index is 9.09. The summed E-state index contributed by atoms with van der Waals surface area (Å²) in [5, 5.41) is 17.2. The molecule has 0 spiro atoms. The van der Waals surface area contributed by atoms with Gasteiger partial charge in [0.25, 0.3) is 0 Å². The molecule has 4 nitrogen and oxygen atoms in total. The van der Waals surface area contributed by atoms with Crippen LogP contribution in [-0.2, 0) is 0 Å². The van der Waals surface area contributed by atoms with Gasteiger partial charge in [0.15, 0.2) is 6.19 Å². The first-order valence-electron chi connectivity index (χ1n) is 9.34. The van der Waals surface area contributed by atoms with Crippen LogP contribution in [0.25, 0.3) is 12.7 Å². The zero-order chi connectivity index (χ0) is 17.4. The lowest BCUT2D eigenvalue weighted by Gasteiger charge is -2.31. The van der Waals surface area contributed by atoms with Crippen LogP contribution in [0.1, 0.15) is 39.0 Å². The van der Waals surface area contributed by atoms with Gasteiger partial charge in [0.1, 0.15) is 0 Å². The Hall–Kier alpha value is -2.28. The van der Waals surface area contributed by atoms with Crippen molar-refractivity contribution in [3.63, 3.8) is 0 Å². The van der Waals surface area contributed by atoms with E-state index in [4.69, 9.17) is 10.3 Å². The Balaban J connectivity index is 1.53. The summed E-state index contributed by atoms with van der Waals surface area (Å²) in [5.41, 5.74) is 1.33. The highest BCUT2D eigenvalue weighted by Gasteiger charge is 2.57. The Morgan fingerprint density at radius 3 is 2.80 bits per heavy atom. The molecule has 2 atom stereocenters. The molecule has 0 radical (unpaired) electrons. The number of nitrogens with zero attached hydrogens (tertiary/aromatic N) is 2. The fourth-order valence-electron chi connectivity index (χ4n) is 5.70. The third-order valence-corrected chi connectivity index (χ3v) is 6.60. The molecule has 2 unspecified atom stereocenters. The van der Waals surface area contributed by atoms with Crippen molar-refractivity contribution in [3.05, 3.63) is 28.6 Å². The van der Waals surface area contributed by atoms with E-state index in [1.54, 1.807) is 0 Å². The summed E-state index contributed by atoms with van der Waals surface area (Å²) >= 11 is 0. The van der Waals surface area contributed by atoms with Crippen molar-refractivity contribution in [2.24, 2.45) is 28.2 Å². The number of nitriles is 1. The van der Waals surface area contributed by atoms with Crippen LogP contribution < -0.4 is 21.1 Å². The number of anilines is 1. The molecule has 4 aliphatic carbocycles. The van der Waals surface area contributed by atoms with Crippen LogP contribution >= 0.6 is 0 Å². The van der Waals surface area contributed by atoms with Crippen molar-refractivity contribution < 1.29 is 0 Å². The second-order valence-corrected chi connectivity index (χ2v) is 8.14. The number of aliphatic imine (C=N–C) groups is 1. The number of benzene rings is 1. The van der Waals surface area contributed by atoms with E-state index in [-0.39, 0.29) is 0 Å². The molecule has 4 bridgehead atoms. The van der Waals surface area contributed by atoms with E-state index in [0.29, 0.717) is 11.4 Å². The third kappa shape index (κ3) is 2.93. The Labute approximate surface area is 149 Å². The molecule has 25 heavy (non-hydrogen) atoms. The molecule has 2 N–H and O–H groups in total. The Morgan fingerprint density at radius 2 is 2.12 bits per heavy atom. The second kappa shape index (κ2) is 6.22. The van der Waals surface area contributed by atoms with Crippen LogP contribution in [0, 0.1) is 34.6 Å². The molecule has 0 amide bonds. The van der Waals surface area contributed by atoms with Gasteiger partial charge in [-0.15, -0.1) is 0 Å². The van der Waals surface area contributed by atoms with E-state index >= 15 is 0 Å². The largest absolute Gasteiger partial charge is 0.326 e. The fraction of sp³-hybridized carbons (Fsp3) is 0.524. The zero-order valence-corrected chi connectivity index (χ0v) is 14.9. The molecule has 0 aliphatic heterocycles. The first-order chi connectivity index (χ1) is 12.1. The van der Waals surface area contributed by atoms with Crippen LogP contribution in [0.5, 0.6) is 0 Å². The van der Waals surface area contributed by atoms with E-state index in [1.165, 1.54) is 32.1 Å². The Bertz CT molecular complexity index is 834. The molecule has 1 aromatic carbocycles. The molecule has 5 rings (SSSR count). The van der Waals surface area contributed by atoms with Crippen molar-refractivity contribution in [3.8, 4) is 6.19 Å². The number of nitrogens with one attached hydrogen (secondary N) is 2. The minimum atomic E-state index is 0.400. The van der Waals surface area contributed by atoms with Crippen LogP contribution in [-0.4, -0.2) is 12.5 Å². The molecule has 4 saturated carbocycles. The van der Waals surface area contributed by atoms with Crippen LogP contribution in [0.15, 0.2) is 23.2 Å². The molecule has 1 aromatic rings. The summed E-state index contributed by atoms with van der Waals surface area (Å²) in [4.78, 5) is 4.80. The minimum Gasteiger partial charge on any atom is -0.326 e. The molecule has 4 heteroatoms. The quantitative estimate of drug-likeness (QED) is 0.386. The number of guanidine groups is 1. The van der Waals surface area contributed by atoms with Crippen molar-refractivity contribution in [2.45, 2.75) is 39.0 Å². The molecule has 4 fully saturated rings. The van der Waals surface area contributed by atoms with Gasteiger partial charge >= 0.3 is 0 Å². The van der Waals surface area contributed by atoms with Crippen LogP contribution in [0.4, 0.5) is 5.69 Å². The highest BCUT2D eigenvalue weighted by Crippen LogP contribution is 2.65. The van der Waals surface area contributed by atoms with Gasteiger partial charge in [-0.05, 0) is 84.8 Å². The maximum Gasteiger partial charge on any atom is 0.209 e. The highest BCUT2D eigenvalue weighted by atomic mass is 15.2. The second-order valence-electron chi connectivity index (χ2n) is 8.14. The summed E-state index contributed by atoms with van der Waals surface area (Å²) in [7, 11) is 0. The molecule has 0 heterocycles. The smallest absolute Gasteiger partial charge is 0.209 e. The van der Waals surface area contributed by atoms with Gasteiger partial charge < -0.3 is 5.32 Å². The summed E-state index contributed by atoms with van der Waals surface area (Å²) in [6.45, 7) is 6.86. The first kappa shape index (κ1) is 16.2. The van der Waals surface area contributed by atoms with Gasteiger partial charge in [-0.1, -0.05) is 18.7 Å². The summed E-state index contributed by atoms with van der Waals surface area (Å²) < 4.78 is 0. The van der Waals surface area contributed by atoms with Gasteiger partial charge in [0, 0.05) is 12.2 Å².